The molecule has 0 aromatic heterocycles. The molecule has 2 rings (SSSR count). The molecule has 126 valence electrons. The number of likely N-dealkylation sites (N-methyl/N-ethyl adjacent to an activating group) is 1. The number of hydrogen-bond acceptors (Lipinski definition) is 2. The minimum absolute atomic E-state index is 0.246. The average Bonchev–Trinajstić information content (AvgIpc) is 2.52. The summed E-state index contributed by atoms with van der Waals surface area (Å²) in [6.07, 6.45) is 15.1. The van der Waals surface area contributed by atoms with Crippen molar-refractivity contribution in [1.82, 2.24) is 4.90 Å². The smallest absolute Gasteiger partial charge is 0.0794 e. The van der Waals surface area contributed by atoms with Crippen LogP contribution in [-0.4, -0.2) is 36.7 Å². The van der Waals surface area contributed by atoms with E-state index in [-0.39, 0.29) is 11.5 Å². The van der Waals surface area contributed by atoms with Gasteiger partial charge in [-0.25, -0.2) is 0 Å². The van der Waals surface area contributed by atoms with Crippen LogP contribution in [-0.2, 0) is 4.74 Å². The Morgan fingerprint density at radius 2 is 1.91 bits per heavy atom. The van der Waals surface area contributed by atoms with Crippen molar-refractivity contribution in [3.8, 4) is 0 Å². The Kier molecular flexibility index (Phi) is 6.28. The third-order valence-corrected chi connectivity index (χ3v) is 5.32. The Morgan fingerprint density at radius 1 is 1.23 bits per heavy atom. The lowest BCUT2D eigenvalue weighted by Gasteiger charge is -2.36. The molecule has 2 aliphatic carbocycles. The van der Waals surface area contributed by atoms with Crippen molar-refractivity contribution in [2.45, 2.75) is 84.4 Å². The van der Waals surface area contributed by atoms with E-state index in [0.717, 1.165) is 19.1 Å². The maximum Gasteiger partial charge on any atom is 0.0794 e. The van der Waals surface area contributed by atoms with Gasteiger partial charge in [-0.3, -0.25) is 4.90 Å². The molecule has 0 bridgehead atoms. The Balaban J connectivity index is 1.74. The van der Waals surface area contributed by atoms with Crippen LogP contribution in [0.3, 0.4) is 0 Å². The van der Waals surface area contributed by atoms with E-state index in [0.29, 0.717) is 6.04 Å². The molecule has 2 nitrogen and oxygen atoms in total. The van der Waals surface area contributed by atoms with E-state index < -0.39 is 0 Å². The molecule has 0 heterocycles. The van der Waals surface area contributed by atoms with E-state index in [1.54, 1.807) is 0 Å². The standard InChI is InChI=1S/C20H35NO/c1-16(21(5)18-9-7-6-8-10-18)15-22-19-13-11-17(12-14-19)20(2,3)4/h11-13,16,18-19H,6-10,14-15H2,1-5H3. The van der Waals surface area contributed by atoms with Crippen LogP contribution in [0.4, 0.5) is 0 Å². The summed E-state index contributed by atoms with van der Waals surface area (Å²) in [7, 11) is 2.28. The molecule has 0 aliphatic heterocycles. The van der Waals surface area contributed by atoms with Gasteiger partial charge in [0, 0.05) is 12.1 Å². The predicted octanol–water partition coefficient (Wildman–Crippen LogP) is 4.96. The van der Waals surface area contributed by atoms with Crippen LogP contribution in [0.25, 0.3) is 0 Å². The zero-order chi connectivity index (χ0) is 16.2. The number of hydrogen-bond donors (Lipinski definition) is 0. The fourth-order valence-corrected chi connectivity index (χ4v) is 3.51. The largest absolute Gasteiger partial charge is 0.372 e. The van der Waals surface area contributed by atoms with Gasteiger partial charge in [-0.05, 0) is 44.2 Å². The maximum atomic E-state index is 6.14. The molecule has 0 N–H and O–H groups in total. The second-order valence-corrected chi connectivity index (χ2v) is 8.18. The lowest BCUT2D eigenvalue weighted by molar-refractivity contribution is 0.0249. The molecular weight excluding hydrogens is 270 g/mol. The van der Waals surface area contributed by atoms with Crippen molar-refractivity contribution in [1.29, 1.82) is 0 Å². The minimum Gasteiger partial charge on any atom is -0.372 e. The van der Waals surface area contributed by atoms with Crippen LogP contribution in [0.5, 0.6) is 0 Å². The summed E-state index contributed by atoms with van der Waals surface area (Å²) >= 11 is 0. The molecule has 2 aliphatic rings. The van der Waals surface area contributed by atoms with Crippen LogP contribution < -0.4 is 0 Å². The Morgan fingerprint density at radius 3 is 2.45 bits per heavy atom. The van der Waals surface area contributed by atoms with Crippen molar-refractivity contribution < 1.29 is 4.74 Å². The van der Waals surface area contributed by atoms with Crippen LogP contribution in [0.15, 0.2) is 23.8 Å². The van der Waals surface area contributed by atoms with Gasteiger partial charge in [-0.1, -0.05) is 58.3 Å². The first-order valence-corrected chi connectivity index (χ1v) is 9.10. The average molecular weight is 306 g/mol. The summed E-state index contributed by atoms with van der Waals surface area (Å²) in [5.74, 6) is 0. The number of ether oxygens (including phenoxy) is 1. The van der Waals surface area contributed by atoms with Crippen LogP contribution in [0.1, 0.15) is 66.2 Å². The molecule has 1 saturated carbocycles. The number of rotatable bonds is 5. The Labute approximate surface area is 137 Å². The molecule has 2 unspecified atom stereocenters. The second-order valence-electron chi connectivity index (χ2n) is 8.18. The first-order valence-electron chi connectivity index (χ1n) is 9.10. The van der Waals surface area contributed by atoms with Gasteiger partial charge in [0.05, 0.1) is 12.7 Å². The molecule has 2 heteroatoms. The highest BCUT2D eigenvalue weighted by Gasteiger charge is 2.23. The lowest BCUT2D eigenvalue weighted by Crippen LogP contribution is -2.42. The van der Waals surface area contributed by atoms with Crippen LogP contribution in [0, 0.1) is 5.41 Å². The summed E-state index contributed by atoms with van der Waals surface area (Å²) in [5, 5.41) is 0. The molecule has 22 heavy (non-hydrogen) atoms. The molecule has 2 atom stereocenters. The molecule has 1 fully saturated rings. The number of nitrogens with zero attached hydrogens (tertiary/aromatic N) is 1. The lowest BCUT2D eigenvalue weighted by atomic mass is 9.83. The van der Waals surface area contributed by atoms with E-state index in [1.807, 2.05) is 0 Å². The van der Waals surface area contributed by atoms with E-state index in [9.17, 15) is 0 Å². The Hall–Kier alpha value is -0.600. The highest BCUT2D eigenvalue weighted by atomic mass is 16.5. The normalized spacial score (nSPS) is 25.4. The van der Waals surface area contributed by atoms with Crippen molar-refractivity contribution in [2.24, 2.45) is 5.41 Å². The highest BCUT2D eigenvalue weighted by Crippen LogP contribution is 2.30. The second kappa shape index (κ2) is 7.79. The van der Waals surface area contributed by atoms with Crippen molar-refractivity contribution in [3.05, 3.63) is 23.8 Å². The first kappa shape index (κ1) is 17.7. The molecular formula is C20H35NO. The van der Waals surface area contributed by atoms with Crippen LogP contribution in [0.2, 0.25) is 0 Å². The summed E-state index contributed by atoms with van der Waals surface area (Å²) in [5.41, 5.74) is 1.68. The van der Waals surface area contributed by atoms with Crippen molar-refractivity contribution >= 4 is 0 Å². The molecule has 0 amide bonds. The van der Waals surface area contributed by atoms with Gasteiger partial charge in [0.1, 0.15) is 0 Å². The maximum absolute atomic E-state index is 6.14. The predicted molar refractivity (Wildman–Crippen MR) is 95.1 cm³/mol. The molecule has 0 aromatic rings. The number of allylic oxidation sites excluding steroid dienone is 2. The molecule has 0 saturated heterocycles. The zero-order valence-corrected chi connectivity index (χ0v) is 15.3. The summed E-state index contributed by atoms with van der Waals surface area (Å²) in [6.45, 7) is 9.95. The first-order chi connectivity index (χ1) is 10.4. The summed E-state index contributed by atoms with van der Waals surface area (Å²) in [4.78, 5) is 2.54. The molecule has 0 aromatic carbocycles. The summed E-state index contributed by atoms with van der Waals surface area (Å²) < 4.78 is 6.14. The quantitative estimate of drug-likeness (QED) is 0.712. The van der Waals surface area contributed by atoms with Gasteiger partial charge in [-0.15, -0.1) is 0 Å². The van der Waals surface area contributed by atoms with E-state index in [1.165, 1.54) is 37.7 Å². The van der Waals surface area contributed by atoms with Gasteiger partial charge >= 0.3 is 0 Å². The monoisotopic (exact) mass is 305 g/mol. The molecule has 0 radical (unpaired) electrons. The zero-order valence-electron chi connectivity index (χ0n) is 15.3. The minimum atomic E-state index is 0.246. The molecule has 0 spiro atoms. The van der Waals surface area contributed by atoms with E-state index >= 15 is 0 Å². The van der Waals surface area contributed by atoms with Crippen molar-refractivity contribution in [3.63, 3.8) is 0 Å². The van der Waals surface area contributed by atoms with Crippen molar-refractivity contribution in [2.75, 3.05) is 13.7 Å². The van der Waals surface area contributed by atoms with E-state index in [4.69, 9.17) is 4.74 Å². The third-order valence-electron chi connectivity index (χ3n) is 5.32. The van der Waals surface area contributed by atoms with Gasteiger partial charge in [0.25, 0.3) is 0 Å². The fourth-order valence-electron chi connectivity index (χ4n) is 3.51. The van der Waals surface area contributed by atoms with Crippen LogP contribution >= 0.6 is 0 Å². The SMILES string of the molecule is CC(COC1C=CC(C(C)(C)C)=CC1)N(C)C1CCCCC1. The van der Waals surface area contributed by atoms with Gasteiger partial charge in [0.2, 0.25) is 0 Å². The highest BCUT2D eigenvalue weighted by molar-refractivity contribution is 5.29. The topological polar surface area (TPSA) is 12.5 Å². The van der Waals surface area contributed by atoms with Gasteiger partial charge in [0.15, 0.2) is 0 Å². The fraction of sp³-hybridized carbons (Fsp3) is 0.800. The Bertz CT molecular complexity index is 398. The third kappa shape index (κ3) is 4.96. The van der Waals surface area contributed by atoms with E-state index in [2.05, 4.69) is 57.9 Å². The summed E-state index contributed by atoms with van der Waals surface area (Å²) in [6, 6.07) is 1.27. The van der Waals surface area contributed by atoms with Gasteiger partial charge < -0.3 is 4.74 Å². The van der Waals surface area contributed by atoms with Gasteiger partial charge in [-0.2, -0.15) is 0 Å².